The number of hydrogen-bond acceptors (Lipinski definition) is 8. The van der Waals surface area contributed by atoms with Crippen LogP contribution >= 0.6 is 11.6 Å². The molecule has 6 rings (SSSR count). The molecule has 198 valence electrons. The van der Waals surface area contributed by atoms with Crippen LogP contribution in [0, 0.1) is 0 Å². The van der Waals surface area contributed by atoms with E-state index in [2.05, 4.69) is 44.5 Å². The van der Waals surface area contributed by atoms with Crippen LogP contribution in [0.1, 0.15) is 43.5 Å². The minimum Gasteiger partial charge on any atom is -0.394 e. The molecule has 2 bridgehead atoms. The molecule has 2 unspecified atom stereocenters. The molecule has 10 heteroatoms. The molecule has 0 amide bonds. The standard InChI is InChI=1S/C28H30ClN5O4/c1-28(2)37-20-13-21(38-28)26(36-22(20)15-35)34-16-31-23-24(32-27(29)33-25(23)34)30-14-19(17-9-5-3-6-10-17)18-11-7-4-8-12-18/h3-12,16,19-22,26,35H,13-15H2,1-2H3,(H,30,32,33)/t20-,21+,22?,26?/m0/s1. The summed E-state index contributed by atoms with van der Waals surface area (Å²) in [5.74, 6) is -0.177. The van der Waals surface area contributed by atoms with Crippen LogP contribution in [-0.2, 0) is 14.2 Å². The van der Waals surface area contributed by atoms with Gasteiger partial charge in [0.15, 0.2) is 29.0 Å². The van der Waals surface area contributed by atoms with Gasteiger partial charge in [0.1, 0.15) is 12.2 Å². The molecule has 4 aromatic rings. The van der Waals surface area contributed by atoms with Crippen molar-refractivity contribution in [2.24, 2.45) is 0 Å². The van der Waals surface area contributed by atoms with E-state index in [0.29, 0.717) is 29.9 Å². The monoisotopic (exact) mass is 535 g/mol. The lowest BCUT2D eigenvalue weighted by Gasteiger charge is -2.49. The van der Waals surface area contributed by atoms with Crippen molar-refractivity contribution >= 4 is 28.6 Å². The van der Waals surface area contributed by atoms with Crippen molar-refractivity contribution < 1.29 is 19.3 Å². The molecule has 9 nitrogen and oxygen atoms in total. The van der Waals surface area contributed by atoms with Crippen LogP contribution in [0.25, 0.3) is 11.2 Å². The van der Waals surface area contributed by atoms with Crippen molar-refractivity contribution in [3.63, 3.8) is 0 Å². The maximum Gasteiger partial charge on any atom is 0.226 e. The summed E-state index contributed by atoms with van der Waals surface area (Å²) >= 11 is 6.41. The Kier molecular flexibility index (Phi) is 6.79. The van der Waals surface area contributed by atoms with E-state index in [1.807, 2.05) is 54.8 Å². The summed E-state index contributed by atoms with van der Waals surface area (Å²) < 4.78 is 20.2. The molecule has 2 N–H and O–H groups in total. The zero-order valence-electron chi connectivity index (χ0n) is 21.2. The van der Waals surface area contributed by atoms with Crippen molar-refractivity contribution in [3.05, 3.63) is 83.4 Å². The minimum absolute atomic E-state index is 0.0880. The Morgan fingerprint density at radius 1 is 1.03 bits per heavy atom. The second kappa shape index (κ2) is 10.2. The zero-order chi connectivity index (χ0) is 26.3. The fourth-order valence-electron chi connectivity index (χ4n) is 5.44. The molecule has 2 aromatic carbocycles. The first-order chi connectivity index (χ1) is 18.4. The average Bonchev–Trinajstić information content (AvgIpc) is 3.33. The minimum atomic E-state index is -0.803. The third-order valence-corrected chi connectivity index (χ3v) is 7.28. The van der Waals surface area contributed by atoms with Crippen LogP contribution in [0.2, 0.25) is 5.28 Å². The summed E-state index contributed by atoms with van der Waals surface area (Å²) in [7, 11) is 0. The van der Waals surface area contributed by atoms with Gasteiger partial charge < -0.3 is 24.6 Å². The van der Waals surface area contributed by atoms with Gasteiger partial charge in [-0.1, -0.05) is 60.7 Å². The Labute approximate surface area is 225 Å². The number of fused-ring (bicyclic) bond motifs is 3. The molecule has 2 aliphatic heterocycles. The van der Waals surface area contributed by atoms with Crippen LogP contribution in [0.4, 0.5) is 5.82 Å². The smallest absolute Gasteiger partial charge is 0.226 e. The van der Waals surface area contributed by atoms with Gasteiger partial charge in [-0.2, -0.15) is 9.97 Å². The summed E-state index contributed by atoms with van der Waals surface area (Å²) in [4.78, 5) is 13.6. The number of benzene rings is 2. The van der Waals surface area contributed by atoms with Crippen molar-refractivity contribution in [1.29, 1.82) is 0 Å². The maximum atomic E-state index is 9.97. The SMILES string of the molecule is CC1(C)O[C@H]2C[C@@H](O1)C(n1cnc3c(NCC(c4ccccc4)c4ccccc4)nc(Cl)nc31)OC2CO. The summed E-state index contributed by atoms with van der Waals surface area (Å²) in [6.07, 6.45) is 0.621. The summed E-state index contributed by atoms with van der Waals surface area (Å²) in [5, 5.41) is 13.5. The maximum absolute atomic E-state index is 9.97. The number of nitrogens with one attached hydrogen (secondary N) is 1. The van der Waals surface area contributed by atoms with E-state index in [9.17, 15) is 5.11 Å². The zero-order valence-corrected chi connectivity index (χ0v) is 22.0. The lowest BCUT2D eigenvalue weighted by molar-refractivity contribution is -0.373. The Morgan fingerprint density at radius 2 is 1.68 bits per heavy atom. The molecule has 2 fully saturated rings. The molecule has 0 aliphatic carbocycles. The van der Waals surface area contributed by atoms with Gasteiger partial charge in [0.05, 0.1) is 19.0 Å². The van der Waals surface area contributed by atoms with Gasteiger partial charge in [-0.15, -0.1) is 0 Å². The molecule has 2 aliphatic rings. The number of nitrogens with zero attached hydrogens (tertiary/aromatic N) is 4. The number of imidazole rings is 1. The van der Waals surface area contributed by atoms with Gasteiger partial charge in [0, 0.05) is 18.9 Å². The largest absolute Gasteiger partial charge is 0.394 e. The highest BCUT2D eigenvalue weighted by Crippen LogP contribution is 2.41. The Balaban J connectivity index is 1.32. The highest BCUT2D eigenvalue weighted by molar-refractivity contribution is 6.28. The third kappa shape index (κ3) is 4.88. The second-order valence-corrected chi connectivity index (χ2v) is 10.5. The highest BCUT2D eigenvalue weighted by Gasteiger charge is 2.48. The normalized spacial score (nSPS) is 24.6. The first-order valence-electron chi connectivity index (χ1n) is 12.8. The lowest BCUT2D eigenvalue weighted by Crippen LogP contribution is -2.57. The van der Waals surface area contributed by atoms with Gasteiger partial charge in [-0.25, -0.2) is 4.98 Å². The fourth-order valence-corrected chi connectivity index (χ4v) is 5.61. The summed E-state index contributed by atoms with van der Waals surface area (Å²) in [6, 6.07) is 20.7. The lowest BCUT2D eigenvalue weighted by atomic mass is 9.91. The van der Waals surface area contributed by atoms with E-state index in [4.69, 9.17) is 25.8 Å². The molecule has 4 atom stereocenters. The van der Waals surface area contributed by atoms with Gasteiger partial charge in [-0.05, 0) is 36.6 Å². The highest BCUT2D eigenvalue weighted by atomic mass is 35.5. The van der Waals surface area contributed by atoms with Gasteiger partial charge in [0.25, 0.3) is 0 Å². The van der Waals surface area contributed by atoms with E-state index < -0.39 is 18.1 Å². The van der Waals surface area contributed by atoms with Crippen LogP contribution < -0.4 is 5.32 Å². The molecule has 0 radical (unpaired) electrons. The molecule has 2 aromatic heterocycles. The first kappa shape index (κ1) is 25.2. The van der Waals surface area contributed by atoms with Crippen LogP contribution in [0.15, 0.2) is 67.0 Å². The Morgan fingerprint density at radius 3 is 2.34 bits per heavy atom. The van der Waals surface area contributed by atoms with Crippen LogP contribution in [0.3, 0.4) is 0 Å². The predicted octanol–water partition coefficient (Wildman–Crippen LogP) is 4.52. The first-order valence-corrected chi connectivity index (χ1v) is 13.2. The van der Waals surface area contributed by atoms with Crippen LogP contribution in [-0.4, -0.2) is 61.9 Å². The molecule has 4 heterocycles. The molecule has 0 saturated carbocycles. The number of hydrogen-bond donors (Lipinski definition) is 2. The number of rotatable bonds is 7. The number of aliphatic hydroxyl groups excluding tert-OH is 1. The van der Waals surface area contributed by atoms with E-state index >= 15 is 0 Å². The molecule has 0 spiro atoms. The Bertz CT molecular complexity index is 1360. The number of halogens is 1. The molecule has 38 heavy (non-hydrogen) atoms. The number of aromatic nitrogens is 4. The fraction of sp³-hybridized carbons (Fsp3) is 0.393. The number of ether oxygens (including phenoxy) is 3. The number of anilines is 1. The van der Waals surface area contributed by atoms with Gasteiger partial charge >= 0.3 is 0 Å². The molecular weight excluding hydrogens is 506 g/mol. The summed E-state index contributed by atoms with van der Waals surface area (Å²) in [6.45, 7) is 4.15. The average molecular weight is 536 g/mol. The van der Waals surface area contributed by atoms with E-state index in [1.54, 1.807) is 6.33 Å². The van der Waals surface area contributed by atoms with Gasteiger partial charge in [-0.3, -0.25) is 4.57 Å². The van der Waals surface area contributed by atoms with Crippen molar-refractivity contribution in [3.8, 4) is 0 Å². The quantitative estimate of drug-likeness (QED) is 0.333. The van der Waals surface area contributed by atoms with Crippen LogP contribution in [0.5, 0.6) is 0 Å². The molecule has 2 saturated heterocycles. The van der Waals surface area contributed by atoms with E-state index in [0.717, 1.165) is 0 Å². The van der Waals surface area contributed by atoms with E-state index in [-0.39, 0.29) is 30.0 Å². The van der Waals surface area contributed by atoms with Gasteiger partial charge in [0.2, 0.25) is 5.28 Å². The topological polar surface area (TPSA) is 104 Å². The van der Waals surface area contributed by atoms with Crippen molar-refractivity contribution in [2.45, 2.75) is 56.5 Å². The predicted molar refractivity (Wildman–Crippen MR) is 143 cm³/mol. The Hall–Kier alpha value is -3.08. The van der Waals surface area contributed by atoms with Crippen molar-refractivity contribution in [2.75, 3.05) is 18.5 Å². The van der Waals surface area contributed by atoms with E-state index in [1.165, 1.54) is 11.1 Å². The third-order valence-electron chi connectivity index (χ3n) is 7.11. The number of aliphatic hydroxyl groups is 1. The van der Waals surface area contributed by atoms with Crippen molar-refractivity contribution in [1.82, 2.24) is 19.5 Å². The molecular formula is C28H30ClN5O4. The second-order valence-electron chi connectivity index (χ2n) is 10.1. The summed E-state index contributed by atoms with van der Waals surface area (Å²) in [5.41, 5.74) is 3.48.